The van der Waals surface area contributed by atoms with Crippen LogP contribution in [0.3, 0.4) is 0 Å². The van der Waals surface area contributed by atoms with Crippen LogP contribution >= 0.6 is 11.3 Å². The van der Waals surface area contributed by atoms with E-state index in [0.29, 0.717) is 19.0 Å². The van der Waals surface area contributed by atoms with Crippen LogP contribution in [0, 0.1) is 6.92 Å². The number of thiophene rings is 1. The summed E-state index contributed by atoms with van der Waals surface area (Å²) < 4.78 is 43.8. The number of carboxylic acids is 1. The van der Waals surface area contributed by atoms with Gasteiger partial charge in [-0.2, -0.15) is 13.2 Å². The number of piperidine rings is 1. The number of amides is 1. The molecule has 2 aromatic rings. The van der Waals surface area contributed by atoms with Gasteiger partial charge in [-0.05, 0) is 42.8 Å². The van der Waals surface area contributed by atoms with E-state index in [2.05, 4.69) is 4.98 Å². The number of aromatic nitrogens is 1. The first kappa shape index (κ1) is 24.0. The van der Waals surface area contributed by atoms with Gasteiger partial charge < -0.3 is 19.5 Å². The Balaban J connectivity index is 0.000000360. The minimum Gasteiger partial charge on any atom is -0.475 e. The fraction of sp³-hybridized carbons (Fsp3) is 0.476. The number of aryl methyl sites for hydroxylation is 1. The predicted octanol–water partition coefficient (Wildman–Crippen LogP) is 3.93. The van der Waals surface area contributed by atoms with Gasteiger partial charge in [0.05, 0.1) is 23.6 Å². The average molecular weight is 472 g/mol. The highest BCUT2D eigenvalue weighted by molar-refractivity contribution is 7.12. The molecular formula is C21H23F3N2O5S. The highest BCUT2D eigenvalue weighted by atomic mass is 32.1. The quantitative estimate of drug-likeness (QED) is 0.728. The molecule has 0 aromatic carbocycles. The Hall–Kier alpha value is -2.66. The van der Waals surface area contributed by atoms with Crippen LogP contribution < -0.4 is 4.74 Å². The van der Waals surface area contributed by atoms with Gasteiger partial charge in [0.25, 0.3) is 5.91 Å². The summed E-state index contributed by atoms with van der Waals surface area (Å²) in [5, 5.41) is 9.10. The average Bonchev–Trinajstić information content (AvgIpc) is 3.34. The zero-order valence-electron chi connectivity index (χ0n) is 17.3. The standard InChI is InChI=1S/C19H22N2O3S.C2HF3O2/c1-14-6-10-25-17(14)18(22)21-9-4-7-19(13-21)11-15(12-23-19)24-16-5-2-3-8-20-16;3-2(4,5)1(6)7/h2-3,5-6,8,10,15H,4,7,9,11-13H2,1H3;(H,6,7)/t15-,19-;/m0./s1. The topological polar surface area (TPSA) is 89.0 Å². The lowest BCUT2D eigenvalue weighted by Crippen LogP contribution is -2.50. The van der Waals surface area contributed by atoms with Gasteiger partial charge in [-0.3, -0.25) is 4.79 Å². The normalized spacial score (nSPS) is 22.9. The summed E-state index contributed by atoms with van der Waals surface area (Å²) in [5.41, 5.74) is 0.775. The molecule has 0 unspecified atom stereocenters. The summed E-state index contributed by atoms with van der Waals surface area (Å²) in [6, 6.07) is 7.65. The van der Waals surface area contributed by atoms with Crippen LogP contribution in [-0.4, -0.2) is 64.4 Å². The molecule has 2 fully saturated rings. The maximum absolute atomic E-state index is 12.8. The van der Waals surface area contributed by atoms with Gasteiger partial charge in [0.1, 0.15) is 6.10 Å². The SMILES string of the molecule is Cc1ccsc1C(=O)N1CCC[C@]2(C[C@H](Oc3ccccn3)CO2)C1.O=C(O)C(F)(F)F. The molecule has 0 bridgehead atoms. The number of halogens is 3. The van der Waals surface area contributed by atoms with Gasteiger partial charge in [-0.25, -0.2) is 9.78 Å². The molecule has 4 heterocycles. The Kier molecular flexibility index (Phi) is 7.40. The molecule has 4 rings (SSSR count). The second-order valence-corrected chi connectivity index (χ2v) is 8.59. The number of nitrogens with zero attached hydrogens (tertiary/aromatic N) is 2. The predicted molar refractivity (Wildman–Crippen MR) is 110 cm³/mol. The van der Waals surface area contributed by atoms with Gasteiger partial charge >= 0.3 is 12.1 Å². The molecule has 2 aromatic heterocycles. The molecule has 0 aliphatic carbocycles. The number of ether oxygens (including phenoxy) is 2. The summed E-state index contributed by atoms with van der Waals surface area (Å²) >= 11 is 1.52. The van der Waals surface area contributed by atoms with Crippen LogP contribution in [0.1, 0.15) is 34.5 Å². The first-order valence-electron chi connectivity index (χ1n) is 9.95. The molecule has 2 saturated heterocycles. The highest BCUT2D eigenvalue weighted by Crippen LogP contribution is 2.36. The largest absolute Gasteiger partial charge is 0.490 e. The molecule has 2 aliphatic heterocycles. The van der Waals surface area contributed by atoms with E-state index in [4.69, 9.17) is 19.4 Å². The third kappa shape index (κ3) is 5.98. The molecule has 174 valence electrons. The van der Waals surface area contributed by atoms with Crippen LogP contribution in [0.2, 0.25) is 0 Å². The minimum atomic E-state index is -5.08. The van der Waals surface area contributed by atoms with Crippen molar-refractivity contribution >= 4 is 23.2 Å². The molecule has 1 amide bonds. The number of hydrogen-bond donors (Lipinski definition) is 1. The number of likely N-dealkylation sites (tertiary alicyclic amines) is 1. The smallest absolute Gasteiger partial charge is 0.475 e. The second kappa shape index (κ2) is 9.86. The second-order valence-electron chi connectivity index (χ2n) is 7.67. The summed E-state index contributed by atoms with van der Waals surface area (Å²) in [6.45, 7) is 3.99. The first-order valence-corrected chi connectivity index (χ1v) is 10.8. The zero-order valence-corrected chi connectivity index (χ0v) is 18.1. The molecule has 7 nitrogen and oxygen atoms in total. The Bertz CT molecular complexity index is 937. The van der Waals surface area contributed by atoms with E-state index >= 15 is 0 Å². The van der Waals surface area contributed by atoms with Gasteiger partial charge in [-0.15, -0.1) is 11.3 Å². The fourth-order valence-electron chi connectivity index (χ4n) is 3.76. The Morgan fingerprint density at radius 2 is 2.09 bits per heavy atom. The molecule has 2 atom stereocenters. The van der Waals surface area contributed by atoms with Crippen molar-refractivity contribution in [1.82, 2.24) is 9.88 Å². The molecule has 11 heteroatoms. The molecular weight excluding hydrogens is 449 g/mol. The third-order valence-corrected chi connectivity index (χ3v) is 6.23. The minimum absolute atomic E-state index is 0.00609. The molecule has 32 heavy (non-hydrogen) atoms. The van der Waals surface area contributed by atoms with E-state index in [1.165, 1.54) is 11.3 Å². The van der Waals surface area contributed by atoms with Gasteiger partial charge in [0, 0.05) is 25.2 Å². The highest BCUT2D eigenvalue weighted by Gasteiger charge is 2.45. The molecule has 1 N–H and O–H groups in total. The summed E-state index contributed by atoms with van der Waals surface area (Å²) in [4.78, 5) is 28.7. The Morgan fingerprint density at radius 3 is 2.69 bits per heavy atom. The van der Waals surface area contributed by atoms with E-state index < -0.39 is 12.1 Å². The van der Waals surface area contributed by atoms with Gasteiger partial charge in [0.15, 0.2) is 0 Å². The number of carboxylic acid groups (broad SMARTS) is 1. The Morgan fingerprint density at radius 1 is 1.34 bits per heavy atom. The van der Waals surface area contributed by atoms with E-state index in [9.17, 15) is 18.0 Å². The lowest BCUT2D eigenvalue weighted by molar-refractivity contribution is -0.192. The van der Waals surface area contributed by atoms with E-state index in [-0.39, 0.29) is 17.6 Å². The Labute approximate surface area is 186 Å². The molecule has 2 aliphatic rings. The van der Waals surface area contributed by atoms with E-state index in [1.807, 2.05) is 41.5 Å². The van der Waals surface area contributed by atoms with Crippen molar-refractivity contribution < 1.29 is 37.3 Å². The van der Waals surface area contributed by atoms with E-state index in [1.54, 1.807) is 6.20 Å². The molecule has 1 spiro atoms. The monoisotopic (exact) mass is 472 g/mol. The lowest BCUT2D eigenvalue weighted by atomic mass is 9.89. The third-order valence-electron chi connectivity index (χ3n) is 5.23. The number of aliphatic carboxylic acids is 1. The van der Waals surface area contributed by atoms with Crippen molar-refractivity contribution in [2.75, 3.05) is 19.7 Å². The summed E-state index contributed by atoms with van der Waals surface area (Å²) in [6.07, 6.45) is -0.620. The van der Waals surface area contributed by atoms with Crippen molar-refractivity contribution in [3.8, 4) is 5.88 Å². The van der Waals surface area contributed by atoms with E-state index in [0.717, 1.165) is 36.2 Å². The van der Waals surface area contributed by atoms with Crippen molar-refractivity contribution in [3.05, 3.63) is 46.3 Å². The zero-order chi connectivity index (χ0) is 23.4. The van der Waals surface area contributed by atoms with Crippen LogP contribution in [0.5, 0.6) is 5.88 Å². The van der Waals surface area contributed by atoms with Gasteiger partial charge in [-0.1, -0.05) is 6.07 Å². The number of carbonyl (C=O) groups excluding carboxylic acids is 1. The van der Waals surface area contributed by atoms with Crippen LogP contribution in [0.15, 0.2) is 35.8 Å². The number of pyridine rings is 1. The lowest BCUT2D eigenvalue weighted by Gasteiger charge is -2.39. The number of carbonyl (C=O) groups is 2. The summed E-state index contributed by atoms with van der Waals surface area (Å²) in [7, 11) is 0. The van der Waals surface area contributed by atoms with Crippen molar-refractivity contribution in [1.29, 1.82) is 0 Å². The van der Waals surface area contributed by atoms with Crippen LogP contribution in [0.4, 0.5) is 13.2 Å². The maximum Gasteiger partial charge on any atom is 0.490 e. The van der Waals surface area contributed by atoms with Crippen molar-refractivity contribution in [3.63, 3.8) is 0 Å². The van der Waals surface area contributed by atoms with Crippen LogP contribution in [-0.2, 0) is 9.53 Å². The van der Waals surface area contributed by atoms with Gasteiger partial charge in [0.2, 0.25) is 5.88 Å². The fourth-order valence-corrected chi connectivity index (χ4v) is 4.65. The number of rotatable bonds is 3. The van der Waals surface area contributed by atoms with Crippen molar-refractivity contribution in [2.45, 2.75) is 44.1 Å². The maximum atomic E-state index is 12.8. The number of hydrogen-bond acceptors (Lipinski definition) is 6. The molecule has 0 saturated carbocycles. The summed E-state index contributed by atoms with van der Waals surface area (Å²) in [5.74, 6) is -2.00. The van der Waals surface area contributed by atoms with Crippen molar-refractivity contribution in [2.24, 2.45) is 0 Å². The van der Waals surface area contributed by atoms with Crippen LogP contribution in [0.25, 0.3) is 0 Å². The number of alkyl halides is 3. The first-order chi connectivity index (χ1) is 15.1. The molecule has 0 radical (unpaired) electrons.